The lowest BCUT2D eigenvalue weighted by atomic mass is 9.97. The van der Waals surface area contributed by atoms with Crippen molar-refractivity contribution < 1.29 is 19.4 Å². The van der Waals surface area contributed by atoms with E-state index in [1.807, 2.05) is 0 Å². The average molecular weight is 234 g/mol. The first kappa shape index (κ1) is 11.8. The molecular formula is C13H14O4. The minimum atomic E-state index is -0.932. The van der Waals surface area contributed by atoms with Crippen LogP contribution in [0.4, 0.5) is 0 Å². The van der Waals surface area contributed by atoms with Crippen molar-refractivity contribution in [1.29, 1.82) is 0 Å². The van der Waals surface area contributed by atoms with Gasteiger partial charge >= 0.3 is 5.97 Å². The van der Waals surface area contributed by atoms with Crippen molar-refractivity contribution in [1.82, 2.24) is 0 Å². The van der Waals surface area contributed by atoms with Gasteiger partial charge in [-0.2, -0.15) is 0 Å². The summed E-state index contributed by atoms with van der Waals surface area (Å²) in [6.45, 7) is 1.81. The van der Waals surface area contributed by atoms with Gasteiger partial charge in [0.1, 0.15) is 0 Å². The Balaban J connectivity index is 2.32. The van der Waals surface area contributed by atoms with Gasteiger partial charge in [0.05, 0.1) is 12.2 Å². The summed E-state index contributed by atoms with van der Waals surface area (Å²) in [5.74, 6) is -1.56. The third-order valence-electron chi connectivity index (χ3n) is 2.86. The van der Waals surface area contributed by atoms with E-state index in [9.17, 15) is 14.7 Å². The number of rotatable bonds is 4. The second-order valence-corrected chi connectivity index (χ2v) is 4.13. The molecule has 0 radical (unpaired) electrons. The molecule has 1 N–H and O–H groups in total. The summed E-state index contributed by atoms with van der Waals surface area (Å²) < 4.78 is 4.68. The Morgan fingerprint density at radius 1 is 1.35 bits per heavy atom. The van der Waals surface area contributed by atoms with Gasteiger partial charge in [-0.1, -0.05) is 24.3 Å². The first-order valence-corrected chi connectivity index (χ1v) is 5.62. The van der Waals surface area contributed by atoms with Crippen molar-refractivity contribution in [3.05, 3.63) is 35.4 Å². The normalized spacial score (nSPS) is 16.4. The predicted molar refractivity (Wildman–Crippen MR) is 60.5 cm³/mol. The molecule has 0 saturated heterocycles. The van der Waals surface area contributed by atoms with E-state index in [-0.39, 0.29) is 12.2 Å². The molecule has 1 aliphatic carbocycles. The molecule has 0 atom stereocenters. The predicted octanol–water partition coefficient (Wildman–Crippen LogP) is 1.41. The summed E-state index contributed by atoms with van der Waals surface area (Å²) in [5, 5.41) is 10.0. The number of benzene rings is 1. The van der Waals surface area contributed by atoms with Gasteiger partial charge in [-0.05, 0) is 25.3 Å². The fourth-order valence-corrected chi connectivity index (χ4v) is 1.78. The van der Waals surface area contributed by atoms with E-state index in [0.717, 1.165) is 0 Å². The summed E-state index contributed by atoms with van der Waals surface area (Å²) >= 11 is 0. The Labute approximate surface area is 99.2 Å². The topological polar surface area (TPSA) is 63.6 Å². The highest BCUT2D eigenvalue weighted by atomic mass is 16.5. The van der Waals surface area contributed by atoms with E-state index >= 15 is 0 Å². The molecule has 1 aromatic rings. The van der Waals surface area contributed by atoms with E-state index in [1.54, 1.807) is 31.2 Å². The van der Waals surface area contributed by atoms with E-state index < -0.39 is 17.4 Å². The maximum absolute atomic E-state index is 11.8. The number of hydrogen-bond donors (Lipinski definition) is 1. The number of ketones is 1. The molecule has 4 nitrogen and oxygen atoms in total. The zero-order chi connectivity index (χ0) is 12.5. The molecule has 0 heterocycles. The number of hydrogen-bond acceptors (Lipinski definition) is 4. The van der Waals surface area contributed by atoms with Crippen LogP contribution in [0.25, 0.3) is 0 Å². The van der Waals surface area contributed by atoms with E-state index in [1.165, 1.54) is 0 Å². The number of ether oxygens (including phenoxy) is 1. The molecule has 0 unspecified atom stereocenters. The summed E-state index contributed by atoms with van der Waals surface area (Å²) in [6.07, 6.45) is 1.25. The third kappa shape index (κ3) is 2.22. The van der Waals surface area contributed by atoms with Crippen LogP contribution in [0.3, 0.4) is 0 Å². The van der Waals surface area contributed by atoms with Crippen molar-refractivity contribution in [2.24, 2.45) is 0 Å². The minimum absolute atomic E-state index is 0.164. The Bertz CT molecular complexity index is 460. The van der Waals surface area contributed by atoms with Gasteiger partial charge in [0.15, 0.2) is 0 Å². The molecule has 0 amide bonds. The van der Waals surface area contributed by atoms with Crippen LogP contribution in [-0.4, -0.2) is 23.5 Å². The average Bonchev–Trinajstić information content (AvgIpc) is 3.08. The first-order valence-electron chi connectivity index (χ1n) is 5.62. The SMILES string of the molecule is CCOC(=O)C(=O)c1ccccc1C1(O)CC1. The van der Waals surface area contributed by atoms with Crippen molar-refractivity contribution in [2.75, 3.05) is 6.61 Å². The van der Waals surface area contributed by atoms with Gasteiger partial charge in [-0.15, -0.1) is 0 Å². The Kier molecular flexibility index (Phi) is 2.98. The molecule has 0 aromatic heterocycles. The number of esters is 1. The summed E-state index contributed by atoms with van der Waals surface area (Å²) in [6, 6.07) is 6.64. The van der Waals surface area contributed by atoms with E-state index in [4.69, 9.17) is 0 Å². The highest BCUT2D eigenvalue weighted by Gasteiger charge is 2.44. The Morgan fingerprint density at radius 2 is 2.00 bits per heavy atom. The molecule has 0 spiro atoms. The van der Waals surface area contributed by atoms with E-state index in [2.05, 4.69) is 4.74 Å². The van der Waals surface area contributed by atoms with Crippen molar-refractivity contribution in [2.45, 2.75) is 25.4 Å². The van der Waals surface area contributed by atoms with Crippen LogP contribution in [-0.2, 0) is 15.1 Å². The summed E-state index contributed by atoms with van der Waals surface area (Å²) in [7, 11) is 0. The standard InChI is InChI=1S/C13H14O4/c1-2-17-12(15)11(14)9-5-3-4-6-10(9)13(16)7-8-13/h3-6,16H,2,7-8H2,1H3. The summed E-state index contributed by atoms with van der Waals surface area (Å²) in [4.78, 5) is 23.2. The van der Waals surface area contributed by atoms with Gasteiger partial charge in [0, 0.05) is 5.56 Å². The molecule has 1 saturated carbocycles. The van der Waals surface area contributed by atoms with Crippen molar-refractivity contribution in [3.63, 3.8) is 0 Å². The monoisotopic (exact) mass is 234 g/mol. The molecule has 1 aromatic carbocycles. The zero-order valence-electron chi connectivity index (χ0n) is 9.60. The molecule has 17 heavy (non-hydrogen) atoms. The number of carbonyl (C=O) groups excluding carboxylic acids is 2. The number of aliphatic hydroxyl groups is 1. The van der Waals surface area contributed by atoms with Crippen LogP contribution in [0, 0.1) is 0 Å². The third-order valence-corrected chi connectivity index (χ3v) is 2.86. The number of Topliss-reactive ketones (excluding diaryl/α,β-unsaturated/α-hetero) is 1. The van der Waals surface area contributed by atoms with Gasteiger partial charge in [0.25, 0.3) is 5.78 Å². The lowest BCUT2D eigenvalue weighted by Crippen LogP contribution is -2.21. The highest BCUT2D eigenvalue weighted by molar-refractivity contribution is 6.41. The zero-order valence-corrected chi connectivity index (χ0v) is 9.60. The molecular weight excluding hydrogens is 220 g/mol. The van der Waals surface area contributed by atoms with Crippen LogP contribution >= 0.6 is 0 Å². The lowest BCUT2D eigenvalue weighted by molar-refractivity contribution is -0.137. The van der Waals surface area contributed by atoms with Gasteiger partial charge < -0.3 is 9.84 Å². The van der Waals surface area contributed by atoms with Crippen LogP contribution in [0.5, 0.6) is 0 Å². The maximum atomic E-state index is 11.8. The van der Waals surface area contributed by atoms with Crippen LogP contribution in [0.2, 0.25) is 0 Å². The van der Waals surface area contributed by atoms with Gasteiger partial charge in [-0.3, -0.25) is 4.79 Å². The Morgan fingerprint density at radius 3 is 2.59 bits per heavy atom. The first-order chi connectivity index (χ1) is 8.08. The molecule has 1 fully saturated rings. The molecule has 0 aliphatic heterocycles. The smallest absolute Gasteiger partial charge is 0.379 e. The molecule has 0 bridgehead atoms. The fourth-order valence-electron chi connectivity index (χ4n) is 1.78. The quantitative estimate of drug-likeness (QED) is 0.486. The minimum Gasteiger partial charge on any atom is -0.460 e. The van der Waals surface area contributed by atoms with Gasteiger partial charge in [-0.25, -0.2) is 4.79 Å². The van der Waals surface area contributed by atoms with Crippen LogP contribution < -0.4 is 0 Å². The highest BCUT2D eigenvalue weighted by Crippen LogP contribution is 2.46. The van der Waals surface area contributed by atoms with Crippen LogP contribution in [0.15, 0.2) is 24.3 Å². The maximum Gasteiger partial charge on any atom is 0.379 e. The number of carbonyl (C=O) groups is 2. The molecule has 90 valence electrons. The van der Waals surface area contributed by atoms with E-state index in [0.29, 0.717) is 18.4 Å². The van der Waals surface area contributed by atoms with Crippen molar-refractivity contribution in [3.8, 4) is 0 Å². The second-order valence-electron chi connectivity index (χ2n) is 4.13. The molecule has 2 rings (SSSR count). The fraction of sp³-hybridized carbons (Fsp3) is 0.385. The molecule has 4 heteroatoms. The largest absolute Gasteiger partial charge is 0.460 e. The van der Waals surface area contributed by atoms with Gasteiger partial charge in [0.2, 0.25) is 0 Å². The Hall–Kier alpha value is -1.68. The van der Waals surface area contributed by atoms with Crippen molar-refractivity contribution >= 4 is 11.8 Å². The lowest BCUT2D eigenvalue weighted by Gasteiger charge is -2.12. The van der Waals surface area contributed by atoms with Crippen LogP contribution in [0.1, 0.15) is 35.7 Å². The molecule has 1 aliphatic rings. The second kappa shape index (κ2) is 4.30. The summed E-state index contributed by atoms with van der Waals surface area (Å²) in [5.41, 5.74) is -0.164.